The van der Waals surface area contributed by atoms with Crippen LogP contribution in [0.5, 0.6) is 17.2 Å². The average Bonchev–Trinajstić information content (AvgIpc) is 3.06. The van der Waals surface area contributed by atoms with Crippen molar-refractivity contribution in [3.63, 3.8) is 0 Å². The first kappa shape index (κ1) is 34.7. The van der Waals surface area contributed by atoms with Crippen molar-refractivity contribution in [1.82, 2.24) is 0 Å². The summed E-state index contributed by atoms with van der Waals surface area (Å²) in [5, 5.41) is 0. The van der Waals surface area contributed by atoms with Crippen molar-refractivity contribution in [2.75, 3.05) is 13.7 Å². The molecule has 0 spiro atoms. The van der Waals surface area contributed by atoms with Crippen LogP contribution in [0.4, 0.5) is 0 Å². The number of hydrogen-bond acceptors (Lipinski definition) is 6. The Kier molecular flexibility index (Phi) is 16.5. The van der Waals surface area contributed by atoms with Crippen molar-refractivity contribution in [1.29, 1.82) is 0 Å². The molecular weight excluding hydrogens is 552 g/mol. The molecule has 0 saturated heterocycles. The number of unbranched alkanes of at least 4 members (excludes halogenated alkanes) is 13. The topological polar surface area (TPSA) is 71.1 Å². The van der Waals surface area contributed by atoms with Gasteiger partial charge in [-0.15, -0.1) is 0 Å². The van der Waals surface area contributed by atoms with Gasteiger partial charge in [0.1, 0.15) is 23.9 Å². The third-order valence-electron chi connectivity index (χ3n) is 7.69. The lowest BCUT2D eigenvalue weighted by Gasteiger charge is -2.09. The molecule has 3 aromatic rings. The molecule has 0 aliphatic carbocycles. The number of ether oxygens (including phenoxy) is 4. The van der Waals surface area contributed by atoms with Gasteiger partial charge in [-0.3, -0.25) is 0 Å². The molecule has 3 aromatic carbocycles. The van der Waals surface area contributed by atoms with E-state index in [0.29, 0.717) is 23.5 Å². The monoisotopic (exact) mass is 602 g/mol. The molecule has 3 rings (SSSR count). The molecule has 0 atom stereocenters. The molecule has 0 unspecified atom stereocenters. The maximum Gasteiger partial charge on any atom is 0.343 e. The third kappa shape index (κ3) is 13.7. The summed E-state index contributed by atoms with van der Waals surface area (Å²) in [5.41, 5.74) is 1.66. The van der Waals surface area contributed by atoms with Gasteiger partial charge in [0.25, 0.3) is 0 Å². The van der Waals surface area contributed by atoms with E-state index < -0.39 is 11.9 Å². The molecular formula is C38H50O6. The van der Waals surface area contributed by atoms with Crippen molar-refractivity contribution in [3.05, 3.63) is 89.5 Å². The zero-order valence-electron chi connectivity index (χ0n) is 26.7. The predicted octanol–water partition coefficient (Wildman–Crippen LogP) is 10.1. The van der Waals surface area contributed by atoms with Crippen molar-refractivity contribution in [2.24, 2.45) is 0 Å². The lowest BCUT2D eigenvalue weighted by atomic mass is 10.0. The van der Waals surface area contributed by atoms with Gasteiger partial charge in [-0.05, 0) is 72.6 Å². The molecule has 0 bridgehead atoms. The minimum absolute atomic E-state index is 0.152. The van der Waals surface area contributed by atoms with Crippen molar-refractivity contribution >= 4 is 11.9 Å². The summed E-state index contributed by atoms with van der Waals surface area (Å²) >= 11 is 0. The number of esters is 2. The number of hydrogen-bond donors (Lipinski definition) is 0. The second-order valence-corrected chi connectivity index (χ2v) is 11.3. The van der Waals surface area contributed by atoms with Gasteiger partial charge >= 0.3 is 11.9 Å². The van der Waals surface area contributed by atoms with Crippen LogP contribution >= 0.6 is 0 Å². The highest BCUT2D eigenvalue weighted by atomic mass is 16.5. The quantitative estimate of drug-likeness (QED) is 0.0647. The molecule has 0 aliphatic rings. The SMILES string of the molecule is CCCCCCCCCCCCCCCCOc1ccc(C(=O)Oc2ccc(C(=O)OCc3ccc(OC)cc3)cc2)cc1. The number of carbonyl (C=O) groups excluding carboxylic acids is 2. The number of rotatable bonds is 22. The van der Waals surface area contributed by atoms with Gasteiger partial charge in [0.05, 0.1) is 24.8 Å². The first-order chi connectivity index (χ1) is 21.6. The summed E-state index contributed by atoms with van der Waals surface area (Å²) in [6.45, 7) is 3.10. The zero-order chi connectivity index (χ0) is 31.2. The Morgan fingerprint density at radius 2 is 0.977 bits per heavy atom. The fourth-order valence-corrected chi connectivity index (χ4v) is 4.95. The summed E-state index contributed by atoms with van der Waals surface area (Å²) in [6.07, 6.45) is 18.6. The van der Waals surface area contributed by atoms with Gasteiger partial charge in [-0.1, -0.05) is 103 Å². The highest BCUT2D eigenvalue weighted by Crippen LogP contribution is 2.19. The maximum atomic E-state index is 12.6. The molecule has 0 N–H and O–H groups in total. The standard InChI is InChI=1S/C38H50O6/c1-3-4-5-6-7-8-9-10-11-12-13-14-15-16-29-42-35-25-19-33(20-26-35)38(40)44-36-27-21-32(22-28-36)37(39)43-30-31-17-23-34(41-2)24-18-31/h17-28H,3-16,29-30H2,1-2H3. The van der Waals surface area contributed by atoms with Gasteiger partial charge in [0, 0.05) is 0 Å². The van der Waals surface area contributed by atoms with Gasteiger partial charge in [-0.2, -0.15) is 0 Å². The molecule has 6 nitrogen and oxygen atoms in total. The van der Waals surface area contributed by atoms with Crippen LogP contribution in [0.3, 0.4) is 0 Å². The van der Waals surface area contributed by atoms with Crippen LogP contribution in [-0.2, 0) is 11.3 Å². The van der Waals surface area contributed by atoms with Crippen molar-refractivity contribution in [3.8, 4) is 17.2 Å². The Morgan fingerprint density at radius 1 is 0.523 bits per heavy atom. The molecule has 238 valence electrons. The summed E-state index contributed by atoms with van der Waals surface area (Å²) in [4.78, 5) is 25.0. The third-order valence-corrected chi connectivity index (χ3v) is 7.69. The molecule has 44 heavy (non-hydrogen) atoms. The lowest BCUT2D eigenvalue weighted by Crippen LogP contribution is -2.09. The number of methoxy groups -OCH3 is 1. The van der Waals surface area contributed by atoms with Crippen LogP contribution < -0.4 is 14.2 Å². The van der Waals surface area contributed by atoms with E-state index in [1.807, 2.05) is 24.3 Å². The molecule has 0 aromatic heterocycles. The van der Waals surface area contributed by atoms with Gasteiger partial charge in [-0.25, -0.2) is 9.59 Å². The Balaban J connectivity index is 1.24. The molecule has 6 heteroatoms. The predicted molar refractivity (Wildman–Crippen MR) is 176 cm³/mol. The lowest BCUT2D eigenvalue weighted by molar-refractivity contribution is 0.0472. The van der Waals surface area contributed by atoms with E-state index in [4.69, 9.17) is 18.9 Å². The Morgan fingerprint density at radius 3 is 1.50 bits per heavy atom. The van der Waals surface area contributed by atoms with Gasteiger partial charge in [0.15, 0.2) is 0 Å². The highest BCUT2D eigenvalue weighted by Gasteiger charge is 2.12. The minimum atomic E-state index is -0.474. The fraction of sp³-hybridized carbons (Fsp3) is 0.474. The normalized spacial score (nSPS) is 10.8. The van der Waals surface area contributed by atoms with Crippen LogP contribution in [0.25, 0.3) is 0 Å². The Labute approximate surface area is 264 Å². The largest absolute Gasteiger partial charge is 0.497 e. The van der Waals surface area contributed by atoms with E-state index in [1.54, 1.807) is 55.6 Å². The van der Waals surface area contributed by atoms with Crippen LogP contribution in [0.1, 0.15) is 123 Å². The second-order valence-electron chi connectivity index (χ2n) is 11.3. The van der Waals surface area contributed by atoms with Crippen molar-refractivity contribution in [2.45, 2.75) is 103 Å². The van der Waals surface area contributed by atoms with E-state index in [0.717, 1.165) is 23.5 Å². The molecule has 0 heterocycles. The van der Waals surface area contributed by atoms with Crippen LogP contribution in [-0.4, -0.2) is 25.7 Å². The molecule has 0 saturated carbocycles. The van der Waals surface area contributed by atoms with E-state index >= 15 is 0 Å². The molecule has 0 radical (unpaired) electrons. The second kappa shape index (κ2) is 21.0. The van der Waals surface area contributed by atoms with E-state index in [2.05, 4.69) is 6.92 Å². The van der Waals surface area contributed by atoms with Crippen LogP contribution in [0.15, 0.2) is 72.8 Å². The summed E-state index contributed by atoms with van der Waals surface area (Å²) < 4.78 is 21.8. The summed E-state index contributed by atoms with van der Waals surface area (Å²) in [7, 11) is 1.60. The molecule has 0 fully saturated rings. The summed E-state index contributed by atoms with van der Waals surface area (Å²) in [5.74, 6) is 0.903. The highest BCUT2D eigenvalue weighted by molar-refractivity contribution is 5.92. The average molecular weight is 603 g/mol. The van der Waals surface area contributed by atoms with E-state index in [-0.39, 0.29) is 6.61 Å². The molecule has 0 amide bonds. The minimum Gasteiger partial charge on any atom is -0.497 e. The first-order valence-corrected chi connectivity index (χ1v) is 16.4. The first-order valence-electron chi connectivity index (χ1n) is 16.4. The Hall–Kier alpha value is -3.80. The van der Waals surface area contributed by atoms with Gasteiger partial charge in [0.2, 0.25) is 0 Å². The maximum absolute atomic E-state index is 12.6. The Bertz CT molecular complexity index is 1200. The van der Waals surface area contributed by atoms with Crippen LogP contribution in [0.2, 0.25) is 0 Å². The van der Waals surface area contributed by atoms with E-state index in [9.17, 15) is 9.59 Å². The fourth-order valence-electron chi connectivity index (χ4n) is 4.95. The smallest absolute Gasteiger partial charge is 0.343 e. The number of benzene rings is 3. The van der Waals surface area contributed by atoms with Gasteiger partial charge < -0.3 is 18.9 Å². The molecule has 0 aliphatic heterocycles. The summed E-state index contributed by atoms with van der Waals surface area (Å²) in [6, 6.07) is 20.6. The van der Waals surface area contributed by atoms with E-state index in [1.165, 1.54) is 83.5 Å². The zero-order valence-corrected chi connectivity index (χ0v) is 26.7. The van der Waals surface area contributed by atoms with Crippen LogP contribution in [0, 0.1) is 0 Å². The van der Waals surface area contributed by atoms with Crippen molar-refractivity contribution < 1.29 is 28.5 Å². The number of carbonyl (C=O) groups is 2.